The van der Waals surface area contributed by atoms with Crippen molar-refractivity contribution in [2.24, 2.45) is 0 Å². The summed E-state index contributed by atoms with van der Waals surface area (Å²) < 4.78 is 5.21. The number of fused-ring (bicyclic) bond motifs is 1. The molecule has 0 fully saturated rings. The molecule has 0 saturated heterocycles. The van der Waals surface area contributed by atoms with E-state index < -0.39 is 0 Å². The first kappa shape index (κ1) is 15.9. The lowest BCUT2D eigenvalue weighted by Crippen LogP contribution is -2.27. The number of carbonyl (C=O) groups excluding carboxylic acids is 1. The molecule has 0 spiro atoms. The second kappa shape index (κ2) is 7.09. The Morgan fingerprint density at radius 2 is 1.87 bits per heavy atom. The minimum atomic E-state index is 0.0543. The highest BCUT2D eigenvalue weighted by molar-refractivity contribution is 7.99. The second-order valence-electron chi connectivity index (χ2n) is 5.59. The summed E-state index contributed by atoms with van der Waals surface area (Å²) in [6, 6.07) is 16.0. The van der Waals surface area contributed by atoms with Gasteiger partial charge in [0.15, 0.2) is 0 Å². The average Bonchev–Trinajstić information content (AvgIpc) is 2.86. The largest absolute Gasteiger partial charge is 0.497 e. The monoisotopic (exact) mass is 327 g/mol. The lowest BCUT2D eigenvalue weighted by molar-refractivity contribution is 0.0771. The summed E-state index contributed by atoms with van der Waals surface area (Å²) in [6.45, 7) is 2.96. The molecule has 0 aromatic heterocycles. The van der Waals surface area contributed by atoms with Crippen LogP contribution in [0.25, 0.3) is 0 Å². The van der Waals surface area contributed by atoms with Gasteiger partial charge in [-0.2, -0.15) is 0 Å². The van der Waals surface area contributed by atoms with Crippen molar-refractivity contribution < 1.29 is 9.53 Å². The number of carbonyl (C=O) groups is 1. The van der Waals surface area contributed by atoms with Crippen molar-refractivity contribution in [1.29, 1.82) is 0 Å². The minimum absolute atomic E-state index is 0.0543. The first-order valence-corrected chi connectivity index (χ1v) is 8.83. The Morgan fingerprint density at radius 1 is 1.13 bits per heavy atom. The van der Waals surface area contributed by atoms with E-state index in [0.717, 1.165) is 41.2 Å². The Kier molecular flexibility index (Phi) is 4.91. The highest BCUT2D eigenvalue weighted by atomic mass is 32.2. The fourth-order valence-corrected chi connectivity index (χ4v) is 4.01. The van der Waals surface area contributed by atoms with E-state index in [2.05, 4.69) is 13.0 Å². The predicted octanol–water partition coefficient (Wildman–Crippen LogP) is 4.74. The maximum absolute atomic E-state index is 12.7. The molecule has 1 atom stereocenters. The van der Waals surface area contributed by atoms with Crippen LogP contribution >= 0.6 is 11.8 Å². The van der Waals surface area contributed by atoms with Crippen LogP contribution in [-0.4, -0.2) is 24.5 Å². The summed E-state index contributed by atoms with van der Waals surface area (Å²) in [7, 11) is 1.67. The lowest BCUT2D eigenvalue weighted by atomic mass is 10.1. The second-order valence-corrected chi connectivity index (χ2v) is 6.74. The number of unbranched alkanes of at least 4 members (excludes halogenated alkanes) is 1. The van der Waals surface area contributed by atoms with Gasteiger partial charge in [-0.1, -0.05) is 43.3 Å². The number of amides is 1. The van der Waals surface area contributed by atoms with Crippen molar-refractivity contribution in [3.63, 3.8) is 0 Å². The number of hydrogen-bond donors (Lipinski definition) is 0. The number of rotatable bonds is 6. The van der Waals surface area contributed by atoms with Crippen LogP contribution in [-0.2, 0) is 0 Å². The molecule has 1 amide bonds. The van der Waals surface area contributed by atoms with Crippen molar-refractivity contribution in [1.82, 2.24) is 4.90 Å². The van der Waals surface area contributed by atoms with Gasteiger partial charge in [-0.05, 0) is 42.3 Å². The van der Waals surface area contributed by atoms with Gasteiger partial charge in [0.05, 0.1) is 7.11 Å². The molecular weight excluding hydrogens is 306 g/mol. The molecule has 120 valence electrons. The van der Waals surface area contributed by atoms with Crippen LogP contribution < -0.4 is 4.74 Å². The fraction of sp³-hybridized carbons (Fsp3) is 0.316. The normalized spacial score (nSPS) is 16.5. The van der Waals surface area contributed by atoms with Crippen LogP contribution in [0.2, 0.25) is 0 Å². The Bertz CT molecular complexity index is 684. The van der Waals surface area contributed by atoms with Gasteiger partial charge in [-0.25, -0.2) is 0 Å². The lowest BCUT2D eigenvalue weighted by Gasteiger charge is -2.25. The molecule has 0 radical (unpaired) electrons. The Morgan fingerprint density at radius 3 is 2.57 bits per heavy atom. The molecule has 0 N–H and O–H groups in total. The smallest absolute Gasteiger partial charge is 0.255 e. The maximum atomic E-state index is 12.7. The molecule has 2 aromatic carbocycles. The van der Waals surface area contributed by atoms with E-state index >= 15 is 0 Å². The summed E-state index contributed by atoms with van der Waals surface area (Å²) in [5.41, 5.74) is 1.96. The zero-order valence-corrected chi connectivity index (χ0v) is 14.3. The first-order valence-electron chi connectivity index (χ1n) is 7.95. The van der Waals surface area contributed by atoms with Crippen LogP contribution in [0.4, 0.5) is 0 Å². The molecule has 3 nitrogen and oxygen atoms in total. The van der Waals surface area contributed by atoms with E-state index in [1.54, 1.807) is 18.9 Å². The van der Waals surface area contributed by atoms with E-state index in [9.17, 15) is 4.79 Å². The van der Waals surface area contributed by atoms with Gasteiger partial charge in [-0.15, -0.1) is 0 Å². The van der Waals surface area contributed by atoms with Crippen LogP contribution in [0.1, 0.15) is 41.1 Å². The summed E-state index contributed by atoms with van der Waals surface area (Å²) in [5.74, 6) is 1.00. The number of benzene rings is 2. The molecule has 4 heteroatoms. The third-order valence-corrected chi connectivity index (χ3v) is 5.34. The Balaban J connectivity index is 1.87. The summed E-state index contributed by atoms with van der Waals surface area (Å²) in [4.78, 5) is 15.8. The quantitative estimate of drug-likeness (QED) is 0.767. The van der Waals surface area contributed by atoms with Gasteiger partial charge < -0.3 is 9.64 Å². The van der Waals surface area contributed by atoms with Gasteiger partial charge in [0.2, 0.25) is 0 Å². The number of ether oxygens (including phenoxy) is 1. The van der Waals surface area contributed by atoms with Gasteiger partial charge >= 0.3 is 0 Å². The molecule has 1 aliphatic heterocycles. The van der Waals surface area contributed by atoms with Gasteiger partial charge in [0.1, 0.15) is 11.1 Å². The van der Waals surface area contributed by atoms with E-state index in [1.165, 1.54) is 0 Å². The van der Waals surface area contributed by atoms with Crippen molar-refractivity contribution in [3.8, 4) is 5.75 Å². The molecule has 0 unspecified atom stereocenters. The Labute approximate surface area is 141 Å². The Hall–Kier alpha value is -1.94. The molecule has 0 bridgehead atoms. The topological polar surface area (TPSA) is 29.5 Å². The van der Waals surface area contributed by atoms with E-state index in [-0.39, 0.29) is 11.3 Å². The minimum Gasteiger partial charge on any atom is -0.497 e. The average molecular weight is 327 g/mol. The summed E-state index contributed by atoms with van der Waals surface area (Å²) >= 11 is 1.72. The molecule has 1 heterocycles. The third kappa shape index (κ3) is 3.22. The molecule has 2 aromatic rings. The maximum Gasteiger partial charge on any atom is 0.255 e. The number of thioether (sulfide) groups is 1. The van der Waals surface area contributed by atoms with Crippen molar-refractivity contribution in [3.05, 3.63) is 59.7 Å². The summed E-state index contributed by atoms with van der Waals surface area (Å²) in [6.07, 6.45) is 2.11. The number of nitrogens with zero attached hydrogens (tertiary/aromatic N) is 1. The van der Waals surface area contributed by atoms with E-state index in [0.29, 0.717) is 0 Å². The molecule has 23 heavy (non-hydrogen) atoms. The van der Waals surface area contributed by atoms with Crippen molar-refractivity contribution in [2.75, 3.05) is 13.7 Å². The summed E-state index contributed by atoms with van der Waals surface area (Å²) in [5, 5.41) is 0.0543. The molecule has 1 aliphatic rings. The van der Waals surface area contributed by atoms with Crippen LogP contribution in [0.5, 0.6) is 5.75 Å². The van der Waals surface area contributed by atoms with Crippen LogP contribution in [0, 0.1) is 0 Å². The SMILES string of the molecule is CCCCN1C(=O)c2ccccc2[C@H]1Sc1ccc(OC)cc1. The van der Waals surface area contributed by atoms with Gasteiger partial charge in [0.25, 0.3) is 5.91 Å². The van der Waals surface area contributed by atoms with Gasteiger partial charge in [-0.3, -0.25) is 4.79 Å². The van der Waals surface area contributed by atoms with Gasteiger partial charge in [0, 0.05) is 17.0 Å². The standard InChI is InChI=1S/C19H21NO2S/c1-3-4-13-20-18(21)16-7-5-6-8-17(16)19(20)23-15-11-9-14(22-2)10-12-15/h5-12,19H,3-4,13H2,1-2H3/t19-/m1/s1. The van der Waals surface area contributed by atoms with E-state index in [4.69, 9.17) is 4.74 Å². The highest BCUT2D eigenvalue weighted by Crippen LogP contribution is 2.44. The fourth-order valence-electron chi connectivity index (χ4n) is 2.79. The van der Waals surface area contributed by atoms with Crippen LogP contribution in [0.3, 0.4) is 0 Å². The predicted molar refractivity (Wildman–Crippen MR) is 94.0 cm³/mol. The molecule has 0 saturated carbocycles. The third-order valence-electron chi connectivity index (χ3n) is 4.06. The van der Waals surface area contributed by atoms with E-state index in [1.807, 2.05) is 47.4 Å². The number of hydrogen-bond acceptors (Lipinski definition) is 3. The number of methoxy groups -OCH3 is 1. The first-order chi connectivity index (χ1) is 11.2. The zero-order chi connectivity index (χ0) is 16.2. The molecule has 3 rings (SSSR count). The highest BCUT2D eigenvalue weighted by Gasteiger charge is 2.36. The van der Waals surface area contributed by atoms with Crippen LogP contribution in [0.15, 0.2) is 53.4 Å². The van der Waals surface area contributed by atoms with Crippen molar-refractivity contribution in [2.45, 2.75) is 30.0 Å². The van der Waals surface area contributed by atoms with Crippen molar-refractivity contribution >= 4 is 17.7 Å². The molecular formula is C19H21NO2S. The molecule has 0 aliphatic carbocycles. The zero-order valence-electron chi connectivity index (χ0n) is 13.5.